The van der Waals surface area contributed by atoms with Crippen molar-refractivity contribution in [1.82, 2.24) is 10.3 Å². The van der Waals surface area contributed by atoms with E-state index in [9.17, 15) is 4.79 Å². The first-order valence-electron chi connectivity index (χ1n) is 5.55. The first-order chi connectivity index (χ1) is 7.65. The topological polar surface area (TPSA) is 68.0 Å². The number of carbonyl (C=O) groups excluding carboxylic acids is 1. The summed E-state index contributed by atoms with van der Waals surface area (Å²) in [6.45, 7) is 3.25. The lowest BCUT2D eigenvalue weighted by Crippen LogP contribution is -2.33. The highest BCUT2D eigenvalue weighted by Crippen LogP contribution is 2.43. The van der Waals surface area contributed by atoms with Crippen molar-refractivity contribution in [3.8, 4) is 0 Å². The Morgan fingerprint density at radius 2 is 2.31 bits per heavy atom. The van der Waals surface area contributed by atoms with Crippen LogP contribution in [0.3, 0.4) is 0 Å². The van der Waals surface area contributed by atoms with Crippen LogP contribution in [-0.2, 0) is 0 Å². The van der Waals surface area contributed by atoms with E-state index in [1.165, 1.54) is 0 Å². The largest absolute Gasteiger partial charge is 0.351 e. The van der Waals surface area contributed by atoms with Gasteiger partial charge < -0.3 is 11.1 Å². The van der Waals surface area contributed by atoms with Crippen LogP contribution in [0.15, 0.2) is 18.5 Å². The van der Waals surface area contributed by atoms with E-state index in [-0.39, 0.29) is 11.3 Å². The molecule has 1 saturated carbocycles. The third kappa shape index (κ3) is 2.39. The zero-order chi connectivity index (χ0) is 11.6. The summed E-state index contributed by atoms with van der Waals surface area (Å²) in [4.78, 5) is 15.8. The molecular formula is C12H17N3O. The van der Waals surface area contributed by atoms with Crippen LogP contribution in [0, 0.1) is 12.3 Å². The van der Waals surface area contributed by atoms with Crippen molar-refractivity contribution in [3.63, 3.8) is 0 Å². The molecule has 4 nitrogen and oxygen atoms in total. The number of aromatic nitrogens is 1. The van der Waals surface area contributed by atoms with Gasteiger partial charge in [0, 0.05) is 24.4 Å². The minimum atomic E-state index is -0.0593. The van der Waals surface area contributed by atoms with Gasteiger partial charge in [-0.15, -0.1) is 0 Å². The van der Waals surface area contributed by atoms with Crippen LogP contribution in [0.2, 0.25) is 0 Å². The van der Waals surface area contributed by atoms with Gasteiger partial charge in [0.2, 0.25) is 0 Å². The number of pyridine rings is 1. The Bertz CT molecular complexity index is 399. The number of nitrogens with two attached hydrogens (primary N) is 1. The first kappa shape index (κ1) is 11.1. The van der Waals surface area contributed by atoms with E-state index in [2.05, 4.69) is 10.3 Å². The molecule has 3 N–H and O–H groups in total. The fraction of sp³-hybridized carbons (Fsp3) is 0.500. The minimum absolute atomic E-state index is 0.0593. The molecule has 1 heterocycles. The Morgan fingerprint density at radius 3 is 2.88 bits per heavy atom. The molecule has 1 fully saturated rings. The third-order valence-electron chi connectivity index (χ3n) is 3.15. The molecule has 86 valence electrons. The molecule has 0 bridgehead atoms. The van der Waals surface area contributed by atoms with Crippen LogP contribution in [-0.4, -0.2) is 24.0 Å². The highest BCUT2D eigenvalue weighted by molar-refractivity contribution is 5.94. The molecule has 4 heteroatoms. The average Bonchev–Trinajstić information content (AvgIpc) is 3.07. The van der Waals surface area contributed by atoms with Gasteiger partial charge in [0.15, 0.2) is 0 Å². The van der Waals surface area contributed by atoms with Gasteiger partial charge in [0.05, 0.1) is 5.56 Å². The molecule has 0 aliphatic heterocycles. The van der Waals surface area contributed by atoms with Gasteiger partial charge >= 0.3 is 0 Å². The summed E-state index contributed by atoms with van der Waals surface area (Å²) in [6, 6.07) is 1.84. The minimum Gasteiger partial charge on any atom is -0.351 e. The van der Waals surface area contributed by atoms with Crippen LogP contribution < -0.4 is 11.1 Å². The van der Waals surface area contributed by atoms with E-state index in [0.717, 1.165) is 18.4 Å². The molecule has 2 rings (SSSR count). The summed E-state index contributed by atoms with van der Waals surface area (Å²) < 4.78 is 0. The predicted molar refractivity (Wildman–Crippen MR) is 62.0 cm³/mol. The van der Waals surface area contributed by atoms with Gasteiger partial charge in [0.1, 0.15) is 0 Å². The van der Waals surface area contributed by atoms with Crippen LogP contribution in [0.4, 0.5) is 0 Å². The maximum absolute atomic E-state index is 11.8. The van der Waals surface area contributed by atoms with Crippen molar-refractivity contribution in [3.05, 3.63) is 29.6 Å². The molecule has 0 saturated heterocycles. The SMILES string of the molecule is Cc1cncc(C(=O)NCC2(CN)CC2)c1. The molecule has 0 unspecified atom stereocenters. The molecule has 1 aromatic heterocycles. The van der Waals surface area contributed by atoms with Gasteiger partial charge in [-0.05, 0) is 37.9 Å². The van der Waals surface area contributed by atoms with Gasteiger partial charge in [0.25, 0.3) is 5.91 Å². The zero-order valence-electron chi connectivity index (χ0n) is 9.49. The zero-order valence-corrected chi connectivity index (χ0v) is 9.49. The average molecular weight is 219 g/mol. The monoisotopic (exact) mass is 219 g/mol. The van der Waals surface area contributed by atoms with Gasteiger partial charge in [-0.2, -0.15) is 0 Å². The van der Waals surface area contributed by atoms with E-state index in [1.807, 2.05) is 13.0 Å². The number of rotatable bonds is 4. The van der Waals surface area contributed by atoms with Crippen LogP contribution >= 0.6 is 0 Å². The van der Waals surface area contributed by atoms with E-state index >= 15 is 0 Å². The molecule has 0 aromatic carbocycles. The maximum atomic E-state index is 11.8. The fourth-order valence-corrected chi connectivity index (χ4v) is 1.68. The lowest BCUT2D eigenvalue weighted by atomic mass is 10.1. The smallest absolute Gasteiger partial charge is 0.252 e. The maximum Gasteiger partial charge on any atom is 0.252 e. The number of nitrogens with zero attached hydrogens (tertiary/aromatic N) is 1. The fourth-order valence-electron chi connectivity index (χ4n) is 1.68. The molecule has 0 radical (unpaired) electrons. The quantitative estimate of drug-likeness (QED) is 0.789. The first-order valence-corrected chi connectivity index (χ1v) is 5.55. The van der Waals surface area contributed by atoms with E-state index in [1.54, 1.807) is 12.4 Å². The third-order valence-corrected chi connectivity index (χ3v) is 3.15. The Kier molecular flexibility index (Phi) is 2.92. The normalized spacial score (nSPS) is 16.9. The summed E-state index contributed by atoms with van der Waals surface area (Å²) in [7, 11) is 0. The van der Waals surface area contributed by atoms with Gasteiger partial charge in [-0.25, -0.2) is 0 Å². The highest BCUT2D eigenvalue weighted by atomic mass is 16.1. The molecule has 0 spiro atoms. The predicted octanol–water partition coefficient (Wildman–Crippen LogP) is 0.859. The Morgan fingerprint density at radius 1 is 1.56 bits per heavy atom. The Labute approximate surface area is 95.3 Å². The van der Waals surface area contributed by atoms with Crippen LogP contribution in [0.1, 0.15) is 28.8 Å². The second kappa shape index (κ2) is 4.22. The molecule has 1 aliphatic carbocycles. The van der Waals surface area contributed by atoms with Crippen LogP contribution in [0.5, 0.6) is 0 Å². The molecule has 1 aliphatic rings. The number of amides is 1. The number of nitrogens with one attached hydrogen (secondary N) is 1. The summed E-state index contributed by atoms with van der Waals surface area (Å²) in [5, 5.41) is 2.92. The number of hydrogen-bond donors (Lipinski definition) is 2. The highest BCUT2D eigenvalue weighted by Gasteiger charge is 2.41. The van der Waals surface area contributed by atoms with Crippen molar-refractivity contribution < 1.29 is 4.79 Å². The summed E-state index contributed by atoms with van der Waals surface area (Å²) >= 11 is 0. The van der Waals surface area contributed by atoms with Crippen molar-refractivity contribution in [1.29, 1.82) is 0 Å². The van der Waals surface area contributed by atoms with Gasteiger partial charge in [-0.1, -0.05) is 0 Å². The summed E-state index contributed by atoms with van der Waals surface area (Å²) in [6.07, 6.45) is 5.56. The molecule has 1 amide bonds. The van der Waals surface area contributed by atoms with Crippen molar-refractivity contribution >= 4 is 5.91 Å². The second-order valence-electron chi connectivity index (χ2n) is 4.64. The lowest BCUT2D eigenvalue weighted by Gasteiger charge is -2.13. The van der Waals surface area contributed by atoms with Crippen molar-refractivity contribution in [2.75, 3.05) is 13.1 Å². The Hall–Kier alpha value is -1.42. The summed E-state index contributed by atoms with van der Waals surface area (Å²) in [5.74, 6) is -0.0593. The number of aryl methyl sites for hydroxylation is 1. The lowest BCUT2D eigenvalue weighted by molar-refractivity contribution is 0.0945. The van der Waals surface area contributed by atoms with E-state index in [4.69, 9.17) is 5.73 Å². The molecule has 1 aromatic rings. The van der Waals surface area contributed by atoms with E-state index < -0.39 is 0 Å². The Balaban J connectivity index is 1.93. The van der Waals surface area contributed by atoms with Gasteiger partial charge in [-0.3, -0.25) is 9.78 Å². The standard InChI is InChI=1S/C12H17N3O/c1-9-4-10(6-14-5-9)11(16)15-8-12(7-13)2-3-12/h4-6H,2-3,7-8,13H2,1H3,(H,15,16). The van der Waals surface area contributed by atoms with Crippen molar-refractivity contribution in [2.45, 2.75) is 19.8 Å². The van der Waals surface area contributed by atoms with Crippen LogP contribution in [0.25, 0.3) is 0 Å². The molecule has 0 atom stereocenters. The number of hydrogen-bond acceptors (Lipinski definition) is 3. The molecular weight excluding hydrogens is 202 g/mol. The van der Waals surface area contributed by atoms with E-state index in [0.29, 0.717) is 18.7 Å². The summed E-state index contributed by atoms with van der Waals surface area (Å²) in [5.41, 5.74) is 7.44. The van der Waals surface area contributed by atoms with Crippen molar-refractivity contribution in [2.24, 2.45) is 11.1 Å². The molecule has 16 heavy (non-hydrogen) atoms. The second-order valence-corrected chi connectivity index (χ2v) is 4.64. The number of carbonyl (C=O) groups is 1.